The van der Waals surface area contributed by atoms with Gasteiger partial charge in [0.1, 0.15) is 0 Å². The van der Waals surface area contributed by atoms with Crippen LogP contribution in [-0.2, 0) is 21.0 Å². The zero-order valence-electron chi connectivity index (χ0n) is 13.5. The highest BCUT2D eigenvalue weighted by Crippen LogP contribution is 2.30. The summed E-state index contributed by atoms with van der Waals surface area (Å²) in [4.78, 5) is 12.2. The lowest BCUT2D eigenvalue weighted by molar-refractivity contribution is -0.137. The van der Waals surface area contributed by atoms with E-state index in [0.29, 0.717) is 11.8 Å². The molecule has 0 radical (unpaired) electrons. The summed E-state index contributed by atoms with van der Waals surface area (Å²) < 4.78 is 64.3. The molecule has 0 spiro atoms. The molecule has 0 fully saturated rings. The van der Waals surface area contributed by atoms with E-state index in [2.05, 4.69) is 5.32 Å². The minimum Gasteiger partial charge on any atom is -0.325 e. The molecule has 2 aromatic rings. The van der Waals surface area contributed by atoms with Crippen LogP contribution in [0.5, 0.6) is 0 Å². The van der Waals surface area contributed by atoms with Gasteiger partial charge in [0.05, 0.1) is 17.0 Å². The number of alkyl halides is 3. The molecule has 0 bridgehead atoms. The van der Waals surface area contributed by atoms with Crippen LogP contribution in [-0.4, -0.2) is 27.1 Å². The van der Waals surface area contributed by atoms with Crippen molar-refractivity contribution in [2.75, 3.05) is 18.1 Å². The van der Waals surface area contributed by atoms with Crippen LogP contribution in [0.4, 0.5) is 18.9 Å². The number of anilines is 1. The molecule has 0 aromatic heterocycles. The van der Waals surface area contributed by atoms with E-state index in [9.17, 15) is 26.4 Å². The van der Waals surface area contributed by atoms with Crippen molar-refractivity contribution in [2.45, 2.75) is 16.0 Å². The van der Waals surface area contributed by atoms with Crippen molar-refractivity contribution in [3.8, 4) is 0 Å². The summed E-state index contributed by atoms with van der Waals surface area (Å²) in [7, 11) is -4.26. The normalized spacial score (nSPS) is 12.0. The van der Waals surface area contributed by atoms with Crippen LogP contribution in [0.1, 0.15) is 5.56 Å². The largest absolute Gasteiger partial charge is 0.416 e. The minimum atomic E-state index is -4.66. The van der Waals surface area contributed by atoms with Crippen molar-refractivity contribution in [1.29, 1.82) is 0 Å². The molecule has 0 saturated heterocycles. The van der Waals surface area contributed by atoms with E-state index in [4.69, 9.17) is 0 Å². The van der Waals surface area contributed by atoms with E-state index in [1.165, 1.54) is 11.8 Å². The van der Waals surface area contributed by atoms with Gasteiger partial charge in [-0.25, -0.2) is 13.1 Å². The van der Waals surface area contributed by atoms with Gasteiger partial charge in [0.25, 0.3) is 0 Å². The van der Waals surface area contributed by atoms with E-state index in [-0.39, 0.29) is 0 Å². The zero-order valence-corrected chi connectivity index (χ0v) is 15.1. The van der Waals surface area contributed by atoms with Gasteiger partial charge in [-0.15, -0.1) is 11.8 Å². The van der Waals surface area contributed by atoms with E-state index >= 15 is 0 Å². The Morgan fingerprint density at radius 3 is 2.46 bits per heavy atom. The third-order valence-corrected chi connectivity index (χ3v) is 5.37. The van der Waals surface area contributed by atoms with Crippen LogP contribution in [0, 0.1) is 0 Å². The molecule has 10 heteroatoms. The fraction of sp³-hybridized carbons (Fsp3) is 0.188. The number of hydrogen-bond acceptors (Lipinski definition) is 4. The highest BCUT2D eigenvalue weighted by molar-refractivity contribution is 7.98. The number of rotatable bonds is 6. The molecule has 0 aliphatic heterocycles. The maximum atomic E-state index is 12.7. The first-order valence-corrected chi connectivity index (χ1v) is 9.93. The van der Waals surface area contributed by atoms with Crippen LogP contribution in [0.25, 0.3) is 0 Å². The molecule has 2 rings (SSSR count). The van der Waals surface area contributed by atoms with Crippen LogP contribution in [0.3, 0.4) is 0 Å². The van der Waals surface area contributed by atoms with Gasteiger partial charge >= 0.3 is 6.18 Å². The number of thioether (sulfide) groups is 1. The highest BCUT2D eigenvalue weighted by Gasteiger charge is 2.31. The summed E-state index contributed by atoms with van der Waals surface area (Å²) in [5.41, 5.74) is -0.598. The van der Waals surface area contributed by atoms with Crippen LogP contribution in [0.2, 0.25) is 0 Å². The third-order valence-electron chi connectivity index (χ3n) is 3.25. The number of carbonyl (C=O) groups excluding carboxylic acids is 1. The van der Waals surface area contributed by atoms with E-state index < -0.39 is 39.1 Å². The molecule has 0 aliphatic rings. The van der Waals surface area contributed by atoms with E-state index in [0.717, 1.165) is 23.1 Å². The summed E-state index contributed by atoms with van der Waals surface area (Å²) in [6.07, 6.45) is -2.80. The molecular weight excluding hydrogens is 389 g/mol. The van der Waals surface area contributed by atoms with E-state index in [1.54, 1.807) is 18.2 Å². The maximum absolute atomic E-state index is 12.7. The van der Waals surface area contributed by atoms with Gasteiger partial charge in [0.15, 0.2) is 0 Å². The number of sulfonamides is 1. The molecular formula is C16H15F3N2O3S2. The average Bonchev–Trinajstić information content (AvgIpc) is 2.60. The predicted molar refractivity (Wildman–Crippen MR) is 93.5 cm³/mol. The molecule has 140 valence electrons. The van der Waals surface area contributed by atoms with Crippen molar-refractivity contribution >= 4 is 33.4 Å². The predicted octanol–water partition coefficient (Wildman–Crippen LogP) is 3.34. The van der Waals surface area contributed by atoms with Gasteiger partial charge in [-0.2, -0.15) is 13.2 Å². The number of carbonyl (C=O) groups is 1. The van der Waals surface area contributed by atoms with Crippen molar-refractivity contribution in [1.82, 2.24) is 4.72 Å². The Labute approximate surface area is 153 Å². The first kappa shape index (κ1) is 20.3. The fourth-order valence-electron chi connectivity index (χ4n) is 1.99. The maximum Gasteiger partial charge on any atom is 0.416 e. The Morgan fingerprint density at radius 1 is 1.12 bits per heavy atom. The SMILES string of the molecule is CSc1cccc(NC(=O)CNS(=O)(=O)c2cccc(C(F)(F)F)c2)c1. The first-order valence-electron chi connectivity index (χ1n) is 7.22. The molecule has 26 heavy (non-hydrogen) atoms. The Bertz CT molecular complexity index is 900. The summed E-state index contributed by atoms with van der Waals surface area (Å²) in [6, 6.07) is 10.2. The molecule has 0 aliphatic carbocycles. The molecule has 5 nitrogen and oxygen atoms in total. The molecule has 2 N–H and O–H groups in total. The lowest BCUT2D eigenvalue weighted by atomic mass is 10.2. The number of amides is 1. The van der Waals surface area contributed by atoms with Gasteiger partial charge < -0.3 is 5.32 Å². The van der Waals surface area contributed by atoms with Crippen molar-refractivity contribution < 1.29 is 26.4 Å². The molecule has 0 atom stereocenters. The Balaban J connectivity index is 2.04. The van der Waals surface area contributed by atoms with Crippen LogP contribution >= 0.6 is 11.8 Å². The van der Waals surface area contributed by atoms with Gasteiger partial charge in [-0.3, -0.25) is 4.79 Å². The van der Waals surface area contributed by atoms with Crippen LogP contribution in [0.15, 0.2) is 58.3 Å². The molecule has 0 unspecified atom stereocenters. The van der Waals surface area contributed by atoms with E-state index in [1.807, 2.05) is 17.0 Å². The third kappa shape index (κ3) is 5.48. The summed E-state index contributed by atoms with van der Waals surface area (Å²) in [5.74, 6) is -0.640. The average molecular weight is 404 g/mol. The molecule has 0 heterocycles. The summed E-state index contributed by atoms with van der Waals surface area (Å²) in [5, 5.41) is 2.52. The minimum absolute atomic E-state index is 0.486. The van der Waals surface area contributed by atoms with Gasteiger partial charge in [0.2, 0.25) is 15.9 Å². The fourth-order valence-corrected chi connectivity index (χ4v) is 3.48. The first-order chi connectivity index (χ1) is 12.1. The van der Waals surface area contributed by atoms with Crippen molar-refractivity contribution in [2.24, 2.45) is 0 Å². The Hall–Kier alpha value is -2.04. The van der Waals surface area contributed by atoms with Crippen molar-refractivity contribution in [3.05, 3.63) is 54.1 Å². The Kier molecular flexibility index (Phi) is 6.32. The Morgan fingerprint density at radius 2 is 1.81 bits per heavy atom. The highest BCUT2D eigenvalue weighted by atomic mass is 32.2. The second-order valence-corrected chi connectivity index (χ2v) is 7.78. The quantitative estimate of drug-likeness (QED) is 0.724. The monoisotopic (exact) mass is 404 g/mol. The second-order valence-electron chi connectivity index (χ2n) is 5.13. The summed E-state index contributed by atoms with van der Waals surface area (Å²) in [6.45, 7) is -0.609. The van der Waals surface area contributed by atoms with Gasteiger partial charge in [-0.1, -0.05) is 12.1 Å². The molecule has 1 amide bonds. The topological polar surface area (TPSA) is 75.3 Å². The van der Waals surface area contributed by atoms with Crippen LogP contribution < -0.4 is 10.0 Å². The molecule has 2 aromatic carbocycles. The number of hydrogen-bond donors (Lipinski definition) is 2. The lowest BCUT2D eigenvalue weighted by Crippen LogP contribution is -2.33. The smallest absolute Gasteiger partial charge is 0.325 e. The number of nitrogens with one attached hydrogen (secondary N) is 2. The standard InChI is InChI=1S/C16H15F3N2O3S2/c1-25-13-6-3-5-12(9-13)21-15(22)10-20-26(23,24)14-7-2-4-11(8-14)16(17,18)19/h2-9,20H,10H2,1H3,(H,21,22). The zero-order chi connectivity index (χ0) is 19.4. The van der Waals surface area contributed by atoms with Gasteiger partial charge in [-0.05, 0) is 42.7 Å². The van der Waals surface area contributed by atoms with Gasteiger partial charge in [0, 0.05) is 10.6 Å². The lowest BCUT2D eigenvalue weighted by Gasteiger charge is -2.11. The second kappa shape index (κ2) is 8.11. The number of halogens is 3. The molecule has 0 saturated carbocycles. The summed E-state index contributed by atoms with van der Waals surface area (Å²) >= 11 is 1.47. The van der Waals surface area contributed by atoms with Crippen molar-refractivity contribution in [3.63, 3.8) is 0 Å². The number of benzene rings is 2.